The van der Waals surface area contributed by atoms with Gasteiger partial charge in [-0.25, -0.2) is 0 Å². The first-order chi connectivity index (χ1) is 30.2. The molecule has 61 heavy (non-hydrogen) atoms. The van der Waals surface area contributed by atoms with Crippen LogP contribution in [0.25, 0.3) is 71.7 Å². The maximum absolute atomic E-state index is 12.6. The van der Waals surface area contributed by atoms with E-state index in [2.05, 4.69) is 164 Å². The summed E-state index contributed by atoms with van der Waals surface area (Å²) < 4.78 is 7.79. The molecular weight excluding hydrogens is 797 g/mol. The molecule has 0 atom stereocenters. The Morgan fingerprint density at radius 3 is 0.934 bits per heavy atom. The highest BCUT2D eigenvalue weighted by molar-refractivity contribution is 7.26. The summed E-state index contributed by atoms with van der Waals surface area (Å²) in [7, 11) is 0. The Hall–Kier alpha value is -6.95. The quantitative estimate of drug-likeness (QED) is 0.120. The molecule has 12 aromatic rings. The van der Waals surface area contributed by atoms with Gasteiger partial charge in [0, 0.05) is 71.6 Å². The van der Waals surface area contributed by atoms with E-state index in [9.17, 15) is 4.79 Å². The molecule has 0 saturated carbocycles. The largest absolute Gasteiger partial charge is 0.289 e. The lowest BCUT2D eigenvalue weighted by Crippen LogP contribution is -2.00. The Morgan fingerprint density at radius 1 is 0.246 bits per heavy atom. The number of hydrogen-bond donors (Lipinski definition) is 0. The number of carbonyl (C=O) groups excluding carboxylic acids is 1. The number of rotatable bonds is 6. The van der Waals surface area contributed by atoms with Crippen molar-refractivity contribution in [3.63, 3.8) is 0 Å². The highest BCUT2D eigenvalue weighted by atomic mass is 32.1. The number of ketones is 1. The Balaban J connectivity index is 0.000000168. The zero-order valence-corrected chi connectivity index (χ0v) is 35.4. The summed E-state index contributed by atoms with van der Waals surface area (Å²) in [6, 6.07) is 77.0. The fourth-order valence-electron chi connectivity index (χ4n) is 8.51. The molecule has 0 aliphatic rings. The van der Waals surface area contributed by atoms with E-state index < -0.39 is 0 Å². The third-order valence-corrected chi connectivity index (χ3v) is 14.8. The molecule has 0 N–H and O–H groups in total. The van der Waals surface area contributed by atoms with Crippen LogP contribution < -0.4 is 0 Å². The van der Waals surface area contributed by atoms with Crippen LogP contribution in [0.2, 0.25) is 0 Å². The van der Waals surface area contributed by atoms with Crippen LogP contribution in [0, 0.1) is 0 Å². The zero-order chi connectivity index (χ0) is 40.7. The van der Waals surface area contributed by atoms with E-state index in [-0.39, 0.29) is 5.78 Å². The van der Waals surface area contributed by atoms with Gasteiger partial charge in [-0.2, -0.15) is 0 Å². The minimum absolute atomic E-state index is 0.0766. The normalized spacial score (nSPS) is 11.9. The van der Waals surface area contributed by atoms with E-state index in [1.165, 1.54) is 88.5 Å². The van der Waals surface area contributed by atoms with Gasteiger partial charge in [0.1, 0.15) is 0 Å². The van der Waals surface area contributed by atoms with E-state index in [0.717, 1.165) is 16.5 Å². The topological polar surface area (TPSA) is 17.1 Å². The standard InChI is InChI=1S/C38H24S2.C19H12OS/c1-3-11-25(12-4-1)37(27-19-21-35-31(23-27)29-15-7-9-17-33(29)39-35)38(26-13-5-2-6-14-26)28-20-22-36-32(24-28)30-16-8-10-18-34(30)40-36;20-19(13-6-2-1-3-7-13)14-10-11-18-16(12-14)15-8-4-5-9-17(15)21-18/h1-24H;1-12H. The minimum Gasteiger partial charge on any atom is -0.289 e. The molecule has 1 nitrogen and oxygen atoms in total. The van der Waals surface area contributed by atoms with Gasteiger partial charge in [-0.05, 0) is 94.1 Å². The molecule has 0 bridgehead atoms. The lowest BCUT2D eigenvalue weighted by Gasteiger charge is -2.18. The number of carbonyl (C=O) groups is 1. The fraction of sp³-hybridized carbons (Fsp3) is 0. The molecule has 0 spiro atoms. The monoisotopic (exact) mass is 832 g/mol. The fourth-order valence-corrected chi connectivity index (χ4v) is 11.8. The third kappa shape index (κ3) is 6.95. The number of benzene rings is 9. The summed E-state index contributed by atoms with van der Waals surface area (Å²) in [5.74, 6) is 0.0766. The highest BCUT2D eigenvalue weighted by Crippen LogP contribution is 2.43. The Kier molecular flexibility index (Phi) is 9.67. The molecule has 0 radical (unpaired) electrons. The van der Waals surface area contributed by atoms with E-state index in [0.29, 0.717) is 0 Å². The lowest BCUT2D eigenvalue weighted by molar-refractivity contribution is 0.103. The van der Waals surface area contributed by atoms with E-state index >= 15 is 0 Å². The van der Waals surface area contributed by atoms with Crippen LogP contribution in [0.5, 0.6) is 0 Å². The Labute approximate surface area is 365 Å². The second-order valence-electron chi connectivity index (χ2n) is 15.1. The number of fused-ring (bicyclic) bond motifs is 9. The molecule has 0 saturated heterocycles. The summed E-state index contributed by atoms with van der Waals surface area (Å²) in [4.78, 5) is 12.6. The van der Waals surface area contributed by atoms with Crippen molar-refractivity contribution in [2.75, 3.05) is 0 Å². The minimum atomic E-state index is 0.0766. The molecule has 4 heteroatoms. The summed E-state index contributed by atoms with van der Waals surface area (Å²) in [5, 5.41) is 7.67. The Morgan fingerprint density at radius 2 is 0.541 bits per heavy atom. The number of hydrogen-bond acceptors (Lipinski definition) is 4. The van der Waals surface area contributed by atoms with Crippen molar-refractivity contribution in [2.45, 2.75) is 0 Å². The van der Waals surface area contributed by atoms with Crippen molar-refractivity contribution in [2.24, 2.45) is 0 Å². The van der Waals surface area contributed by atoms with Crippen molar-refractivity contribution >= 4 is 111 Å². The summed E-state index contributed by atoms with van der Waals surface area (Å²) >= 11 is 5.50. The second-order valence-corrected chi connectivity index (χ2v) is 18.4. The molecule has 0 aliphatic heterocycles. The van der Waals surface area contributed by atoms with Gasteiger partial charge in [-0.3, -0.25) is 4.79 Å². The molecule has 288 valence electrons. The Bertz CT molecular complexity index is 3430. The van der Waals surface area contributed by atoms with Crippen LogP contribution in [0.4, 0.5) is 0 Å². The van der Waals surface area contributed by atoms with Gasteiger partial charge in [0.05, 0.1) is 0 Å². The van der Waals surface area contributed by atoms with E-state index in [1.54, 1.807) is 11.3 Å². The molecule has 3 heterocycles. The molecule has 3 aromatic heterocycles. The van der Waals surface area contributed by atoms with Gasteiger partial charge < -0.3 is 0 Å². The maximum atomic E-state index is 12.6. The SMILES string of the molecule is O=C(c1ccccc1)c1ccc2sc3ccccc3c2c1.c1ccc(C(=C(c2ccccc2)c2ccc3sc4ccccc4c3c2)c2ccc3sc4ccccc4c3c2)cc1. The van der Waals surface area contributed by atoms with Crippen molar-refractivity contribution in [1.29, 1.82) is 0 Å². The van der Waals surface area contributed by atoms with Gasteiger partial charge >= 0.3 is 0 Å². The molecule has 12 rings (SSSR count). The van der Waals surface area contributed by atoms with Gasteiger partial charge in [0.2, 0.25) is 0 Å². The van der Waals surface area contributed by atoms with Crippen molar-refractivity contribution in [3.8, 4) is 0 Å². The molecule has 0 aliphatic carbocycles. The molecule has 0 unspecified atom stereocenters. The smallest absolute Gasteiger partial charge is 0.193 e. The van der Waals surface area contributed by atoms with Gasteiger partial charge in [0.15, 0.2) is 5.78 Å². The first-order valence-corrected chi connectivity index (χ1v) is 22.8. The maximum Gasteiger partial charge on any atom is 0.193 e. The van der Waals surface area contributed by atoms with Crippen LogP contribution in [-0.4, -0.2) is 5.78 Å². The summed E-state index contributed by atoms with van der Waals surface area (Å²) in [6.45, 7) is 0. The van der Waals surface area contributed by atoms with Crippen molar-refractivity contribution in [3.05, 3.63) is 252 Å². The van der Waals surface area contributed by atoms with E-state index in [1.807, 2.05) is 77.3 Å². The third-order valence-electron chi connectivity index (χ3n) is 11.4. The highest BCUT2D eigenvalue weighted by Gasteiger charge is 2.19. The molecular formula is C57H36OS3. The summed E-state index contributed by atoms with van der Waals surface area (Å²) in [6.07, 6.45) is 0. The predicted molar refractivity (Wildman–Crippen MR) is 266 cm³/mol. The van der Waals surface area contributed by atoms with Gasteiger partial charge in [0.25, 0.3) is 0 Å². The van der Waals surface area contributed by atoms with Crippen molar-refractivity contribution in [1.82, 2.24) is 0 Å². The molecule has 0 fully saturated rings. The predicted octanol–water partition coefficient (Wildman–Crippen LogP) is 16.7. The van der Waals surface area contributed by atoms with Gasteiger partial charge in [-0.15, -0.1) is 34.0 Å². The van der Waals surface area contributed by atoms with Crippen LogP contribution >= 0.6 is 34.0 Å². The zero-order valence-electron chi connectivity index (χ0n) is 32.9. The molecule has 9 aromatic carbocycles. The number of thiophene rings is 3. The van der Waals surface area contributed by atoms with Crippen LogP contribution in [0.15, 0.2) is 218 Å². The van der Waals surface area contributed by atoms with Gasteiger partial charge in [-0.1, -0.05) is 158 Å². The molecule has 0 amide bonds. The first-order valence-electron chi connectivity index (χ1n) is 20.4. The van der Waals surface area contributed by atoms with Crippen LogP contribution in [0.1, 0.15) is 38.2 Å². The first kappa shape index (κ1) is 37.1. The lowest BCUT2D eigenvalue weighted by atomic mass is 9.85. The van der Waals surface area contributed by atoms with Crippen molar-refractivity contribution < 1.29 is 4.79 Å². The van der Waals surface area contributed by atoms with Crippen LogP contribution in [0.3, 0.4) is 0 Å². The second kappa shape index (κ2) is 15.9. The average Bonchev–Trinajstić information content (AvgIpc) is 4.02. The summed E-state index contributed by atoms with van der Waals surface area (Å²) in [5.41, 5.74) is 8.89. The van der Waals surface area contributed by atoms with Crippen LogP contribution in [-0.2, 0) is 0 Å². The average molecular weight is 833 g/mol. The van der Waals surface area contributed by atoms with E-state index in [4.69, 9.17) is 0 Å².